The molecule has 4 rings (SSSR count). The molecule has 2 aliphatic rings. The molecule has 0 N–H and O–H groups in total. The smallest absolute Gasteiger partial charge is 0.128 e. The van der Waals surface area contributed by atoms with Gasteiger partial charge in [0, 0.05) is 5.56 Å². The van der Waals surface area contributed by atoms with Gasteiger partial charge in [-0.25, -0.2) is 4.39 Å². The Hall–Kier alpha value is -1.75. The summed E-state index contributed by atoms with van der Waals surface area (Å²) >= 11 is 0. The van der Waals surface area contributed by atoms with E-state index < -0.39 is 0 Å². The lowest BCUT2D eigenvalue weighted by atomic mass is 9.89. The van der Waals surface area contributed by atoms with E-state index in [4.69, 9.17) is 14.2 Å². The van der Waals surface area contributed by atoms with Gasteiger partial charge in [0.25, 0.3) is 0 Å². The van der Waals surface area contributed by atoms with E-state index in [1.165, 1.54) is 17.2 Å². The molecule has 3 nitrogen and oxygen atoms in total. The summed E-state index contributed by atoms with van der Waals surface area (Å²) in [6, 6.07) is 15.1. The Morgan fingerprint density at radius 2 is 1.65 bits per heavy atom. The Morgan fingerprint density at radius 3 is 2.38 bits per heavy atom. The van der Waals surface area contributed by atoms with Crippen molar-refractivity contribution in [2.24, 2.45) is 0 Å². The maximum absolute atomic E-state index is 13.9. The Balaban J connectivity index is 1.59. The quantitative estimate of drug-likeness (QED) is 0.745. The zero-order valence-corrected chi connectivity index (χ0v) is 15.2. The van der Waals surface area contributed by atoms with Crippen molar-refractivity contribution in [2.75, 3.05) is 0 Å². The van der Waals surface area contributed by atoms with E-state index in [-0.39, 0.29) is 42.9 Å². The fourth-order valence-electron chi connectivity index (χ4n) is 4.10. The van der Waals surface area contributed by atoms with Crippen LogP contribution < -0.4 is 0 Å². The highest BCUT2D eigenvalue weighted by Crippen LogP contribution is 2.47. The average Bonchev–Trinajstić information content (AvgIpc) is 3.04. The van der Waals surface area contributed by atoms with Crippen molar-refractivity contribution in [3.05, 3.63) is 71.0 Å². The molecule has 1 fully saturated rings. The van der Waals surface area contributed by atoms with Crippen LogP contribution in [0.3, 0.4) is 0 Å². The SMILES string of the molecule is CC[C@@H]1O[C@@H]2[C@@H](OCc3ccccc3F)[C@@H](CC)O[C@@H]2c2ccccc21. The first kappa shape index (κ1) is 17.7. The lowest BCUT2D eigenvalue weighted by Crippen LogP contribution is -2.38. The normalized spacial score (nSPS) is 30.0. The summed E-state index contributed by atoms with van der Waals surface area (Å²) in [6.07, 6.45) is 1.24. The van der Waals surface area contributed by atoms with Crippen molar-refractivity contribution in [3.63, 3.8) is 0 Å². The molecule has 2 aromatic carbocycles. The van der Waals surface area contributed by atoms with Crippen LogP contribution in [0.5, 0.6) is 0 Å². The number of rotatable bonds is 5. The first-order valence-corrected chi connectivity index (χ1v) is 9.47. The van der Waals surface area contributed by atoms with Gasteiger partial charge < -0.3 is 14.2 Å². The van der Waals surface area contributed by atoms with Crippen molar-refractivity contribution >= 4 is 0 Å². The highest BCUT2D eigenvalue weighted by atomic mass is 19.1. The summed E-state index contributed by atoms with van der Waals surface area (Å²) < 4.78 is 32.8. The van der Waals surface area contributed by atoms with Crippen LogP contribution in [0.15, 0.2) is 48.5 Å². The molecule has 1 saturated heterocycles. The van der Waals surface area contributed by atoms with Crippen molar-refractivity contribution < 1.29 is 18.6 Å². The van der Waals surface area contributed by atoms with Gasteiger partial charge in [0.2, 0.25) is 0 Å². The largest absolute Gasteiger partial charge is 0.368 e. The second-order valence-corrected chi connectivity index (χ2v) is 7.00. The minimum Gasteiger partial charge on any atom is -0.368 e. The Kier molecular flexibility index (Phi) is 5.07. The van der Waals surface area contributed by atoms with Crippen LogP contribution in [0.2, 0.25) is 0 Å². The zero-order valence-electron chi connectivity index (χ0n) is 15.2. The number of fused-ring (bicyclic) bond motifs is 3. The van der Waals surface area contributed by atoms with E-state index in [1.54, 1.807) is 12.1 Å². The molecule has 0 aliphatic carbocycles. The average molecular weight is 356 g/mol. The monoisotopic (exact) mass is 356 g/mol. The summed E-state index contributed by atoms with van der Waals surface area (Å²) in [5.74, 6) is -0.239. The molecule has 26 heavy (non-hydrogen) atoms. The maximum Gasteiger partial charge on any atom is 0.128 e. The van der Waals surface area contributed by atoms with E-state index in [0.29, 0.717) is 5.56 Å². The molecule has 138 valence electrons. The first-order chi connectivity index (χ1) is 12.7. The Labute approximate surface area is 154 Å². The second kappa shape index (κ2) is 7.47. The zero-order chi connectivity index (χ0) is 18.1. The molecule has 2 aromatic rings. The molecule has 0 unspecified atom stereocenters. The molecule has 0 amide bonds. The van der Waals surface area contributed by atoms with Crippen LogP contribution in [0.4, 0.5) is 4.39 Å². The third-order valence-corrected chi connectivity index (χ3v) is 5.44. The van der Waals surface area contributed by atoms with Crippen molar-refractivity contribution in [3.8, 4) is 0 Å². The fraction of sp³-hybridized carbons (Fsp3) is 0.455. The molecule has 4 heteroatoms. The van der Waals surface area contributed by atoms with E-state index in [2.05, 4.69) is 26.0 Å². The fourth-order valence-corrected chi connectivity index (χ4v) is 4.10. The van der Waals surface area contributed by atoms with Gasteiger partial charge >= 0.3 is 0 Å². The van der Waals surface area contributed by atoms with Crippen molar-refractivity contribution in [1.29, 1.82) is 0 Å². The lowest BCUT2D eigenvalue weighted by Gasteiger charge is -2.35. The van der Waals surface area contributed by atoms with Crippen molar-refractivity contribution in [2.45, 2.75) is 63.8 Å². The second-order valence-electron chi connectivity index (χ2n) is 7.00. The maximum atomic E-state index is 13.9. The highest BCUT2D eigenvalue weighted by molar-refractivity contribution is 5.35. The summed E-state index contributed by atoms with van der Waals surface area (Å²) in [5.41, 5.74) is 2.97. The summed E-state index contributed by atoms with van der Waals surface area (Å²) in [5, 5.41) is 0. The molecule has 0 aromatic heterocycles. The Bertz CT molecular complexity index is 763. The van der Waals surface area contributed by atoms with Gasteiger partial charge in [-0.15, -0.1) is 0 Å². The standard InChI is InChI=1S/C22H25FO3/c1-3-18-15-10-6-7-11-16(15)20-22(25-18)21(19(4-2)26-20)24-13-14-9-5-8-12-17(14)23/h5-12,18-22H,3-4,13H2,1-2H3/t18-,19+,20+,21-,22-/m0/s1. The minimum atomic E-state index is -0.239. The molecule has 0 saturated carbocycles. The highest BCUT2D eigenvalue weighted by Gasteiger charge is 2.50. The molecular formula is C22H25FO3. The number of hydrogen-bond acceptors (Lipinski definition) is 3. The van der Waals surface area contributed by atoms with Crippen LogP contribution in [0.1, 0.15) is 55.6 Å². The molecule has 0 radical (unpaired) electrons. The van der Waals surface area contributed by atoms with Gasteiger partial charge in [-0.05, 0) is 30.0 Å². The molecule has 5 atom stereocenters. The topological polar surface area (TPSA) is 27.7 Å². The molecule has 2 aliphatic heterocycles. The van der Waals surface area contributed by atoms with E-state index >= 15 is 0 Å². The Morgan fingerprint density at radius 1 is 0.923 bits per heavy atom. The van der Waals surface area contributed by atoms with Gasteiger partial charge in [-0.2, -0.15) is 0 Å². The number of benzene rings is 2. The van der Waals surface area contributed by atoms with Gasteiger partial charge in [0.05, 0.1) is 18.8 Å². The summed E-state index contributed by atoms with van der Waals surface area (Å²) in [4.78, 5) is 0. The van der Waals surface area contributed by atoms with Crippen LogP contribution in [0, 0.1) is 5.82 Å². The predicted molar refractivity (Wildman–Crippen MR) is 97.2 cm³/mol. The van der Waals surface area contributed by atoms with Gasteiger partial charge in [-0.3, -0.25) is 0 Å². The van der Waals surface area contributed by atoms with Crippen LogP contribution in [-0.2, 0) is 20.8 Å². The van der Waals surface area contributed by atoms with Crippen LogP contribution in [-0.4, -0.2) is 18.3 Å². The van der Waals surface area contributed by atoms with Crippen LogP contribution >= 0.6 is 0 Å². The minimum absolute atomic E-state index is 0.0474. The number of halogens is 1. The predicted octanol–water partition coefficient (Wildman–Crippen LogP) is 5.11. The van der Waals surface area contributed by atoms with E-state index in [9.17, 15) is 4.39 Å². The lowest BCUT2D eigenvalue weighted by molar-refractivity contribution is -0.114. The molecule has 0 bridgehead atoms. The summed E-state index contributed by atoms with van der Waals surface area (Å²) in [6.45, 7) is 4.44. The van der Waals surface area contributed by atoms with E-state index in [1.807, 2.05) is 18.2 Å². The van der Waals surface area contributed by atoms with Crippen molar-refractivity contribution in [1.82, 2.24) is 0 Å². The van der Waals surface area contributed by atoms with Gasteiger partial charge in [-0.1, -0.05) is 56.3 Å². The molecular weight excluding hydrogens is 331 g/mol. The van der Waals surface area contributed by atoms with Gasteiger partial charge in [0.15, 0.2) is 0 Å². The summed E-state index contributed by atoms with van der Waals surface area (Å²) in [7, 11) is 0. The van der Waals surface area contributed by atoms with Crippen LogP contribution in [0.25, 0.3) is 0 Å². The number of hydrogen-bond donors (Lipinski definition) is 0. The first-order valence-electron chi connectivity index (χ1n) is 9.47. The third-order valence-electron chi connectivity index (χ3n) is 5.44. The third kappa shape index (κ3) is 3.07. The number of ether oxygens (including phenoxy) is 3. The molecule has 2 heterocycles. The van der Waals surface area contributed by atoms with Gasteiger partial charge in [0.1, 0.15) is 24.1 Å². The van der Waals surface area contributed by atoms with E-state index in [0.717, 1.165) is 12.8 Å². The molecule has 0 spiro atoms.